The van der Waals surface area contributed by atoms with E-state index in [0.29, 0.717) is 5.52 Å². The maximum Gasteiger partial charge on any atom is 0.416 e. The number of ether oxygens (including phenoxy) is 1. The summed E-state index contributed by atoms with van der Waals surface area (Å²) >= 11 is 0. The highest BCUT2D eigenvalue weighted by Gasteiger charge is 2.32. The molecule has 3 rings (SSSR count). The number of alkyl halides is 3. The SMILES string of the molecule is COCn1c(=O)n(C2CCNCC2)c2ccc(C(F)(F)F)cc21. The number of rotatable bonds is 3. The number of halogens is 3. The molecular weight excluding hydrogens is 311 g/mol. The number of imidazole rings is 1. The van der Waals surface area contributed by atoms with Crippen molar-refractivity contribution in [1.29, 1.82) is 0 Å². The zero-order chi connectivity index (χ0) is 16.6. The molecule has 0 saturated carbocycles. The number of nitrogens with one attached hydrogen (secondary N) is 1. The smallest absolute Gasteiger partial charge is 0.364 e. The number of piperidine rings is 1. The Morgan fingerprint density at radius 2 is 1.96 bits per heavy atom. The minimum Gasteiger partial charge on any atom is -0.364 e. The predicted molar refractivity (Wildman–Crippen MR) is 79.3 cm³/mol. The summed E-state index contributed by atoms with van der Waals surface area (Å²) in [6.07, 6.45) is -2.90. The van der Waals surface area contributed by atoms with E-state index in [1.54, 1.807) is 4.57 Å². The molecule has 1 N–H and O–H groups in total. The van der Waals surface area contributed by atoms with Crippen LogP contribution in [0.1, 0.15) is 24.4 Å². The molecule has 0 spiro atoms. The topological polar surface area (TPSA) is 48.2 Å². The van der Waals surface area contributed by atoms with Gasteiger partial charge in [-0.2, -0.15) is 13.2 Å². The van der Waals surface area contributed by atoms with Gasteiger partial charge in [-0.05, 0) is 44.1 Å². The predicted octanol–water partition coefficient (Wildman–Crippen LogP) is 2.35. The van der Waals surface area contributed by atoms with Crippen LogP contribution in [0.25, 0.3) is 11.0 Å². The summed E-state index contributed by atoms with van der Waals surface area (Å²) in [4.78, 5) is 12.7. The number of hydrogen-bond donors (Lipinski definition) is 1. The Hall–Kier alpha value is -1.80. The molecule has 23 heavy (non-hydrogen) atoms. The first-order valence-corrected chi connectivity index (χ1v) is 7.45. The number of methoxy groups -OCH3 is 1. The summed E-state index contributed by atoms with van der Waals surface area (Å²) in [5, 5.41) is 3.22. The molecule has 5 nitrogen and oxygen atoms in total. The third kappa shape index (κ3) is 2.88. The fourth-order valence-corrected chi connectivity index (χ4v) is 3.13. The van der Waals surface area contributed by atoms with Crippen LogP contribution < -0.4 is 11.0 Å². The van der Waals surface area contributed by atoms with Crippen molar-refractivity contribution in [2.75, 3.05) is 20.2 Å². The van der Waals surface area contributed by atoms with E-state index < -0.39 is 11.7 Å². The Balaban J connectivity index is 2.20. The average Bonchev–Trinajstić information content (AvgIpc) is 2.79. The normalized spacial score (nSPS) is 17.0. The number of nitrogens with zero attached hydrogens (tertiary/aromatic N) is 2. The lowest BCUT2D eigenvalue weighted by Crippen LogP contribution is -2.35. The molecule has 2 aromatic rings. The molecule has 0 amide bonds. The van der Waals surface area contributed by atoms with Gasteiger partial charge in [0.25, 0.3) is 0 Å². The summed E-state index contributed by atoms with van der Waals surface area (Å²) in [6, 6.07) is 3.42. The van der Waals surface area contributed by atoms with Crippen LogP contribution in [0, 0.1) is 0 Å². The van der Waals surface area contributed by atoms with Crippen molar-refractivity contribution in [3.05, 3.63) is 34.2 Å². The Labute approximate surface area is 130 Å². The van der Waals surface area contributed by atoms with Crippen molar-refractivity contribution >= 4 is 11.0 Å². The van der Waals surface area contributed by atoms with E-state index in [-0.39, 0.29) is 24.0 Å². The molecule has 2 heterocycles. The van der Waals surface area contributed by atoms with Gasteiger partial charge in [-0.1, -0.05) is 0 Å². The molecule has 0 unspecified atom stereocenters. The van der Waals surface area contributed by atoms with Crippen molar-refractivity contribution in [1.82, 2.24) is 14.5 Å². The second-order valence-electron chi connectivity index (χ2n) is 5.68. The maximum absolute atomic E-state index is 13.0. The summed E-state index contributed by atoms with van der Waals surface area (Å²) in [5.74, 6) is 0. The van der Waals surface area contributed by atoms with Crippen molar-refractivity contribution in [3.8, 4) is 0 Å². The van der Waals surface area contributed by atoms with E-state index in [9.17, 15) is 18.0 Å². The second-order valence-corrected chi connectivity index (χ2v) is 5.68. The quantitative estimate of drug-likeness (QED) is 0.940. The number of fused-ring (bicyclic) bond motifs is 1. The van der Waals surface area contributed by atoms with Gasteiger partial charge in [0.1, 0.15) is 6.73 Å². The molecule has 1 aliphatic heterocycles. The first-order chi connectivity index (χ1) is 10.9. The third-order valence-corrected chi connectivity index (χ3v) is 4.22. The Bertz CT molecular complexity index is 758. The van der Waals surface area contributed by atoms with Gasteiger partial charge in [-0.25, -0.2) is 4.79 Å². The molecule has 0 bridgehead atoms. The van der Waals surface area contributed by atoms with E-state index in [1.807, 2.05) is 0 Å². The zero-order valence-corrected chi connectivity index (χ0v) is 12.7. The highest BCUT2D eigenvalue weighted by atomic mass is 19.4. The van der Waals surface area contributed by atoms with Crippen LogP contribution in [0.2, 0.25) is 0 Å². The minimum atomic E-state index is -4.45. The highest BCUT2D eigenvalue weighted by molar-refractivity contribution is 5.77. The van der Waals surface area contributed by atoms with Crippen molar-refractivity contribution < 1.29 is 17.9 Å². The lowest BCUT2D eigenvalue weighted by molar-refractivity contribution is -0.137. The van der Waals surface area contributed by atoms with Gasteiger partial charge in [0.2, 0.25) is 0 Å². The van der Waals surface area contributed by atoms with Crippen molar-refractivity contribution in [2.45, 2.75) is 31.8 Å². The van der Waals surface area contributed by atoms with Crippen LogP contribution in [0.5, 0.6) is 0 Å². The van der Waals surface area contributed by atoms with Gasteiger partial charge in [0.15, 0.2) is 0 Å². The summed E-state index contributed by atoms with van der Waals surface area (Å²) in [5.41, 5.74) is -0.317. The molecule has 1 saturated heterocycles. The molecule has 0 atom stereocenters. The molecule has 1 aromatic heterocycles. The molecular formula is C15H18F3N3O2. The zero-order valence-electron chi connectivity index (χ0n) is 12.7. The van der Waals surface area contributed by atoms with Crippen molar-refractivity contribution in [2.24, 2.45) is 0 Å². The van der Waals surface area contributed by atoms with Crippen LogP contribution in [-0.4, -0.2) is 29.3 Å². The van der Waals surface area contributed by atoms with Gasteiger partial charge in [0.05, 0.1) is 16.6 Å². The Morgan fingerprint density at radius 1 is 1.26 bits per heavy atom. The summed E-state index contributed by atoms with van der Waals surface area (Å²) in [7, 11) is 1.41. The van der Waals surface area contributed by atoms with E-state index in [4.69, 9.17) is 4.74 Å². The Morgan fingerprint density at radius 3 is 2.57 bits per heavy atom. The summed E-state index contributed by atoms with van der Waals surface area (Å²) in [6.45, 7) is 1.50. The standard InChI is InChI=1S/C15H18F3N3O2/c1-23-9-20-13-8-10(15(16,17)18)2-3-12(13)21(14(20)22)11-4-6-19-7-5-11/h2-3,8,11,19H,4-7,9H2,1H3. The van der Waals surface area contributed by atoms with E-state index >= 15 is 0 Å². The first-order valence-electron chi connectivity index (χ1n) is 7.45. The van der Waals surface area contributed by atoms with Gasteiger partial charge >= 0.3 is 11.9 Å². The molecule has 0 radical (unpaired) electrons. The largest absolute Gasteiger partial charge is 0.416 e. The fraction of sp³-hybridized carbons (Fsp3) is 0.533. The molecule has 8 heteroatoms. The Kier molecular flexibility index (Phi) is 4.20. The number of hydrogen-bond acceptors (Lipinski definition) is 3. The van der Waals surface area contributed by atoms with Crippen LogP contribution in [0.3, 0.4) is 0 Å². The molecule has 1 fully saturated rings. The molecule has 1 aromatic carbocycles. The minimum absolute atomic E-state index is 0.0129. The third-order valence-electron chi connectivity index (χ3n) is 4.22. The van der Waals surface area contributed by atoms with E-state index in [0.717, 1.165) is 38.1 Å². The monoisotopic (exact) mass is 329 g/mol. The number of aromatic nitrogens is 2. The molecule has 1 aliphatic rings. The van der Waals surface area contributed by atoms with Gasteiger partial charge < -0.3 is 10.1 Å². The fourth-order valence-electron chi connectivity index (χ4n) is 3.13. The van der Waals surface area contributed by atoms with Crippen molar-refractivity contribution in [3.63, 3.8) is 0 Å². The summed E-state index contributed by atoms with van der Waals surface area (Å²) < 4.78 is 46.7. The number of benzene rings is 1. The van der Waals surface area contributed by atoms with Crippen LogP contribution >= 0.6 is 0 Å². The maximum atomic E-state index is 13.0. The first kappa shape index (κ1) is 16.1. The van der Waals surface area contributed by atoms with Gasteiger partial charge in [-0.15, -0.1) is 0 Å². The van der Waals surface area contributed by atoms with Crippen LogP contribution in [-0.2, 0) is 17.6 Å². The van der Waals surface area contributed by atoms with Crippen LogP contribution in [0.15, 0.2) is 23.0 Å². The molecule has 126 valence electrons. The lowest BCUT2D eigenvalue weighted by Gasteiger charge is -2.23. The average molecular weight is 329 g/mol. The lowest BCUT2D eigenvalue weighted by atomic mass is 10.1. The van der Waals surface area contributed by atoms with Gasteiger partial charge in [0, 0.05) is 13.2 Å². The van der Waals surface area contributed by atoms with Gasteiger partial charge in [-0.3, -0.25) is 9.13 Å². The second kappa shape index (κ2) is 6.01. The molecule has 0 aliphatic carbocycles. The van der Waals surface area contributed by atoms with E-state index in [2.05, 4.69) is 5.32 Å². The van der Waals surface area contributed by atoms with Crippen LogP contribution in [0.4, 0.5) is 13.2 Å². The highest BCUT2D eigenvalue weighted by Crippen LogP contribution is 2.32. The van der Waals surface area contributed by atoms with E-state index in [1.165, 1.54) is 17.7 Å².